The van der Waals surface area contributed by atoms with Crippen LogP contribution >= 0.6 is 15.9 Å². The minimum Gasteiger partial charge on any atom is -0.484 e. The van der Waals surface area contributed by atoms with Crippen LogP contribution in [0.2, 0.25) is 0 Å². The average molecular weight is 536 g/mol. The first kappa shape index (κ1) is 24.5. The van der Waals surface area contributed by atoms with Gasteiger partial charge in [-0.15, -0.1) is 0 Å². The summed E-state index contributed by atoms with van der Waals surface area (Å²) in [6.45, 7) is 2.64. The van der Waals surface area contributed by atoms with Gasteiger partial charge in [0.2, 0.25) is 11.8 Å². The van der Waals surface area contributed by atoms with Crippen molar-refractivity contribution in [2.24, 2.45) is 5.92 Å². The van der Waals surface area contributed by atoms with Crippen molar-refractivity contribution in [3.8, 4) is 5.75 Å². The molecule has 0 unspecified atom stereocenters. The maximum atomic E-state index is 12.7. The standard InChI is InChI=1S/C27H26BrN3O4/c1-18-4-2-3-5-19(18)15-29-27(34)20-14-26(33)31(16-20)23-10-12-24(13-11-23)35-17-25(32)30-22-8-6-21(28)7-9-22/h2-13,20H,14-17H2,1H3,(H,29,34)(H,30,32)/t20-/m0/s1. The zero-order valence-corrected chi connectivity index (χ0v) is 20.9. The molecule has 1 heterocycles. The van der Waals surface area contributed by atoms with Crippen molar-refractivity contribution < 1.29 is 19.1 Å². The lowest BCUT2D eigenvalue weighted by atomic mass is 10.1. The van der Waals surface area contributed by atoms with E-state index in [0.717, 1.165) is 15.6 Å². The van der Waals surface area contributed by atoms with E-state index in [1.165, 1.54) is 0 Å². The van der Waals surface area contributed by atoms with Crippen molar-refractivity contribution in [3.63, 3.8) is 0 Å². The van der Waals surface area contributed by atoms with Gasteiger partial charge in [-0.1, -0.05) is 40.2 Å². The molecule has 0 spiro atoms. The van der Waals surface area contributed by atoms with Gasteiger partial charge in [-0.25, -0.2) is 0 Å². The zero-order valence-electron chi connectivity index (χ0n) is 19.3. The predicted octanol–water partition coefficient (Wildman–Crippen LogP) is 4.44. The number of anilines is 2. The molecule has 1 fully saturated rings. The number of halogens is 1. The van der Waals surface area contributed by atoms with E-state index in [4.69, 9.17) is 4.74 Å². The highest BCUT2D eigenvalue weighted by atomic mass is 79.9. The summed E-state index contributed by atoms with van der Waals surface area (Å²) in [7, 11) is 0. The van der Waals surface area contributed by atoms with Gasteiger partial charge >= 0.3 is 0 Å². The lowest BCUT2D eigenvalue weighted by molar-refractivity contribution is -0.126. The molecular formula is C27H26BrN3O4. The topological polar surface area (TPSA) is 87.7 Å². The Morgan fingerprint density at radius 3 is 2.46 bits per heavy atom. The second kappa shape index (κ2) is 11.2. The number of nitrogens with zero attached hydrogens (tertiary/aromatic N) is 1. The number of hydrogen-bond donors (Lipinski definition) is 2. The van der Waals surface area contributed by atoms with E-state index in [9.17, 15) is 14.4 Å². The van der Waals surface area contributed by atoms with Crippen LogP contribution in [0.3, 0.4) is 0 Å². The number of aryl methyl sites for hydroxylation is 1. The third-order valence-electron chi connectivity index (χ3n) is 5.86. The number of rotatable bonds is 8. The smallest absolute Gasteiger partial charge is 0.262 e. The first-order valence-corrected chi connectivity index (χ1v) is 12.1. The van der Waals surface area contributed by atoms with Crippen molar-refractivity contribution in [3.05, 3.63) is 88.4 Å². The molecule has 3 amide bonds. The molecule has 7 nitrogen and oxygen atoms in total. The molecule has 35 heavy (non-hydrogen) atoms. The van der Waals surface area contributed by atoms with E-state index < -0.39 is 5.92 Å². The fourth-order valence-electron chi connectivity index (χ4n) is 3.87. The minimum absolute atomic E-state index is 0.0939. The molecule has 0 bridgehead atoms. The van der Waals surface area contributed by atoms with Gasteiger partial charge in [0.15, 0.2) is 6.61 Å². The highest BCUT2D eigenvalue weighted by molar-refractivity contribution is 9.10. The third-order valence-corrected chi connectivity index (χ3v) is 6.39. The summed E-state index contributed by atoms with van der Waals surface area (Å²) in [6, 6.07) is 22.1. The Hall–Kier alpha value is -3.65. The zero-order chi connectivity index (χ0) is 24.8. The van der Waals surface area contributed by atoms with Gasteiger partial charge in [0.05, 0.1) is 5.92 Å². The average Bonchev–Trinajstić information content (AvgIpc) is 3.25. The quantitative estimate of drug-likeness (QED) is 0.446. The maximum Gasteiger partial charge on any atom is 0.262 e. The molecular weight excluding hydrogens is 510 g/mol. The molecule has 1 aliphatic heterocycles. The van der Waals surface area contributed by atoms with E-state index in [-0.39, 0.29) is 30.7 Å². The summed E-state index contributed by atoms with van der Waals surface area (Å²) >= 11 is 3.35. The highest BCUT2D eigenvalue weighted by Crippen LogP contribution is 2.27. The van der Waals surface area contributed by atoms with E-state index in [0.29, 0.717) is 30.2 Å². The van der Waals surface area contributed by atoms with Crippen molar-refractivity contribution in [1.82, 2.24) is 5.32 Å². The molecule has 180 valence electrons. The molecule has 1 atom stereocenters. The van der Waals surface area contributed by atoms with E-state index in [1.807, 2.05) is 43.3 Å². The molecule has 0 radical (unpaired) electrons. The van der Waals surface area contributed by atoms with Crippen LogP contribution in [-0.4, -0.2) is 30.9 Å². The van der Waals surface area contributed by atoms with Crippen LogP contribution in [0.25, 0.3) is 0 Å². The van der Waals surface area contributed by atoms with Gasteiger partial charge in [-0.3, -0.25) is 14.4 Å². The molecule has 4 rings (SSSR count). The van der Waals surface area contributed by atoms with E-state index in [1.54, 1.807) is 41.3 Å². The Balaban J connectivity index is 1.27. The second-order valence-electron chi connectivity index (χ2n) is 8.39. The highest BCUT2D eigenvalue weighted by Gasteiger charge is 2.35. The lowest BCUT2D eigenvalue weighted by Crippen LogP contribution is -2.32. The molecule has 8 heteroatoms. The number of nitrogens with one attached hydrogen (secondary N) is 2. The summed E-state index contributed by atoms with van der Waals surface area (Å²) in [4.78, 5) is 39.0. The Bertz CT molecular complexity index is 1210. The minimum atomic E-state index is -0.398. The van der Waals surface area contributed by atoms with Crippen molar-refractivity contribution in [2.75, 3.05) is 23.4 Å². The monoisotopic (exact) mass is 535 g/mol. The maximum absolute atomic E-state index is 12.7. The predicted molar refractivity (Wildman–Crippen MR) is 138 cm³/mol. The van der Waals surface area contributed by atoms with Crippen LogP contribution in [-0.2, 0) is 20.9 Å². The Morgan fingerprint density at radius 1 is 1.03 bits per heavy atom. The summed E-state index contributed by atoms with van der Waals surface area (Å²) in [6.07, 6.45) is 0.175. The molecule has 0 aliphatic carbocycles. The molecule has 2 N–H and O–H groups in total. The number of benzene rings is 3. The van der Waals surface area contributed by atoms with Crippen molar-refractivity contribution in [2.45, 2.75) is 19.9 Å². The summed E-state index contributed by atoms with van der Waals surface area (Å²) in [5.41, 5.74) is 3.55. The number of carbonyl (C=O) groups is 3. The van der Waals surface area contributed by atoms with Gasteiger partial charge in [0.25, 0.3) is 5.91 Å². The molecule has 1 aliphatic rings. The first-order valence-electron chi connectivity index (χ1n) is 11.3. The first-order chi connectivity index (χ1) is 16.9. The molecule has 3 aromatic carbocycles. The molecule has 3 aromatic rings. The Morgan fingerprint density at radius 2 is 1.74 bits per heavy atom. The SMILES string of the molecule is Cc1ccccc1CNC(=O)[C@H]1CC(=O)N(c2ccc(OCC(=O)Nc3ccc(Br)cc3)cc2)C1. The Labute approximate surface area is 212 Å². The number of ether oxygens (including phenoxy) is 1. The third kappa shape index (κ3) is 6.48. The van der Waals surface area contributed by atoms with Crippen LogP contribution < -0.4 is 20.3 Å². The fourth-order valence-corrected chi connectivity index (χ4v) is 4.13. The Kier molecular flexibility index (Phi) is 7.82. The largest absolute Gasteiger partial charge is 0.484 e. The number of hydrogen-bond acceptors (Lipinski definition) is 4. The van der Waals surface area contributed by atoms with Crippen molar-refractivity contribution >= 4 is 45.0 Å². The molecule has 0 aromatic heterocycles. The van der Waals surface area contributed by atoms with Crippen LogP contribution in [0.4, 0.5) is 11.4 Å². The fraction of sp³-hybridized carbons (Fsp3) is 0.222. The van der Waals surface area contributed by atoms with Crippen LogP contribution in [0.5, 0.6) is 5.75 Å². The number of carbonyl (C=O) groups excluding carboxylic acids is 3. The molecule has 1 saturated heterocycles. The molecule has 0 saturated carbocycles. The van der Waals surface area contributed by atoms with E-state index >= 15 is 0 Å². The van der Waals surface area contributed by atoms with Gasteiger partial charge < -0.3 is 20.3 Å². The second-order valence-corrected chi connectivity index (χ2v) is 9.30. The van der Waals surface area contributed by atoms with Crippen LogP contribution in [0.15, 0.2) is 77.3 Å². The van der Waals surface area contributed by atoms with Crippen LogP contribution in [0, 0.1) is 12.8 Å². The summed E-state index contributed by atoms with van der Waals surface area (Å²) in [5, 5.41) is 5.72. The normalized spacial score (nSPS) is 15.1. The van der Waals surface area contributed by atoms with Crippen molar-refractivity contribution in [1.29, 1.82) is 0 Å². The van der Waals surface area contributed by atoms with E-state index in [2.05, 4.69) is 26.6 Å². The number of amides is 3. The van der Waals surface area contributed by atoms with Gasteiger partial charge in [-0.2, -0.15) is 0 Å². The summed E-state index contributed by atoms with van der Waals surface area (Å²) in [5.74, 6) is -0.376. The van der Waals surface area contributed by atoms with Gasteiger partial charge in [-0.05, 0) is 66.6 Å². The van der Waals surface area contributed by atoms with Gasteiger partial charge in [0, 0.05) is 35.4 Å². The van der Waals surface area contributed by atoms with Crippen LogP contribution in [0.1, 0.15) is 17.5 Å². The lowest BCUT2D eigenvalue weighted by Gasteiger charge is -2.17. The summed E-state index contributed by atoms with van der Waals surface area (Å²) < 4.78 is 6.49. The van der Waals surface area contributed by atoms with Gasteiger partial charge in [0.1, 0.15) is 5.75 Å².